The first kappa shape index (κ1) is 34.2. The van der Waals surface area contributed by atoms with Gasteiger partial charge in [0, 0.05) is 25.0 Å². The van der Waals surface area contributed by atoms with E-state index < -0.39 is 7.81 Å². The molecule has 2 rings (SSSR count). The van der Waals surface area contributed by atoms with Crippen molar-refractivity contribution in [1.29, 1.82) is 0 Å². The summed E-state index contributed by atoms with van der Waals surface area (Å²) in [7, 11) is -10.7. The van der Waals surface area contributed by atoms with Crippen LogP contribution in [0.4, 0.5) is 25.2 Å². The molecule has 192 valence electrons. The minimum Gasteiger partial charge on any atom is 3.00 e. The molecular weight excluding hydrogens is 690 g/mol. The summed E-state index contributed by atoms with van der Waals surface area (Å²) in [5, 5.41) is 0. The number of hydrogen-bond donors (Lipinski definition) is 0. The summed E-state index contributed by atoms with van der Waals surface area (Å²) in [5.41, 5.74) is 1.93. The van der Waals surface area contributed by atoms with Gasteiger partial charge in [-0.1, -0.05) is 29.8 Å². The molecule has 1 aromatic carbocycles. The number of benzene rings is 1. The van der Waals surface area contributed by atoms with Gasteiger partial charge in [0.1, 0.15) is 0 Å². The van der Waals surface area contributed by atoms with Crippen molar-refractivity contribution in [3.05, 3.63) is 48.7 Å². The number of nitrogens with zero attached hydrogens (tertiary/aromatic N) is 2. The molecule has 3 nitrogen and oxygen atoms in total. The van der Waals surface area contributed by atoms with E-state index in [1.807, 2.05) is 55.1 Å². The molecule has 1 aromatic heterocycles. The van der Waals surface area contributed by atoms with Crippen LogP contribution in [0.2, 0.25) is 0 Å². The van der Waals surface area contributed by atoms with Crippen molar-refractivity contribution in [1.82, 2.24) is 9.88 Å². The zero-order valence-electron chi connectivity index (χ0n) is 18.2. The van der Waals surface area contributed by atoms with Crippen LogP contribution in [0.1, 0.15) is 33.6 Å². The number of thiocarbonyl (C=S) groups is 1. The Hall–Kier alpha value is -0.970. The van der Waals surface area contributed by atoms with E-state index >= 15 is 0 Å². The maximum Gasteiger partial charge on any atom is 3.00 e. The molecule has 0 saturated carbocycles. The average molecular weight is 717 g/mol. The summed E-state index contributed by atoms with van der Waals surface area (Å²) < 4.78 is 65.4. The Morgan fingerprint density at radius 1 is 1.06 bits per heavy atom. The van der Waals surface area contributed by atoms with Gasteiger partial charge in [0.15, 0.2) is 0 Å². The van der Waals surface area contributed by atoms with Crippen LogP contribution in [-0.4, -0.2) is 33.9 Å². The van der Waals surface area contributed by atoms with E-state index in [0.29, 0.717) is 4.32 Å². The van der Waals surface area contributed by atoms with Gasteiger partial charge in [-0.2, -0.15) is 0 Å². The summed E-state index contributed by atoms with van der Waals surface area (Å²) in [6, 6.07) is 14.9. The van der Waals surface area contributed by atoms with E-state index in [2.05, 4.69) is 18.0 Å². The molecule has 0 atom stereocenters. The van der Waals surface area contributed by atoms with Gasteiger partial charge in [0.2, 0.25) is 0 Å². The molecule has 0 aliphatic heterocycles. The van der Waals surface area contributed by atoms with E-state index in [9.17, 15) is 25.2 Å². The molecule has 0 aliphatic rings. The van der Waals surface area contributed by atoms with Crippen molar-refractivity contribution in [2.24, 2.45) is 0 Å². The van der Waals surface area contributed by atoms with Gasteiger partial charge in [-0.25, -0.2) is 0 Å². The first-order valence-corrected chi connectivity index (χ1v) is 12.5. The molecular formula is C20H26AuF6N2OPS2. The Morgan fingerprint density at radius 3 is 1.97 bits per heavy atom. The number of unbranched alkanes of at least 4 members (excludes halogenated alkanes) is 1. The maximum atomic E-state index is 9.87. The molecule has 33 heavy (non-hydrogen) atoms. The van der Waals surface area contributed by atoms with Crippen LogP contribution in [0, 0.1) is 6.07 Å². The van der Waals surface area contributed by atoms with Crippen molar-refractivity contribution in [3.8, 4) is 17.0 Å². The van der Waals surface area contributed by atoms with Crippen LogP contribution >= 0.6 is 20.0 Å². The molecule has 0 amide bonds. The minimum absolute atomic E-state index is 0. The zero-order chi connectivity index (χ0) is 24.9. The van der Waals surface area contributed by atoms with Crippen molar-refractivity contribution in [2.45, 2.75) is 33.6 Å². The fourth-order valence-electron chi connectivity index (χ4n) is 2.00. The summed E-state index contributed by atoms with van der Waals surface area (Å²) in [6.07, 6.45) is 4.02. The Bertz CT molecular complexity index is 798. The standard InChI is InChI=1S/C15H16NO.C5H11NS2.Au.F6P/c1-2-3-12-17-14-9-7-13(8-10-14)15-6-4-5-11-16-15;1-3-6(4-2)5(7)8;;1-7(2,3,4,5)6/h4-7,9-11H,2-3,12H2,1H3;3-4H2,1-2H3,(H,7,8);;/q-1;;+3;-1/p-1. The van der Waals surface area contributed by atoms with Gasteiger partial charge in [0.25, 0.3) is 0 Å². The summed E-state index contributed by atoms with van der Waals surface area (Å²) in [6.45, 7) is 8.87. The summed E-state index contributed by atoms with van der Waals surface area (Å²) >= 11 is 9.51. The van der Waals surface area contributed by atoms with Crippen LogP contribution < -0.4 is 4.74 Å². The van der Waals surface area contributed by atoms with Crippen molar-refractivity contribution in [3.63, 3.8) is 0 Å². The Balaban J connectivity index is 0. The molecule has 2 aromatic rings. The van der Waals surface area contributed by atoms with Gasteiger partial charge in [-0.3, -0.25) is 0 Å². The maximum absolute atomic E-state index is 10.7. The van der Waals surface area contributed by atoms with Crippen LogP contribution in [0.3, 0.4) is 0 Å². The number of halogens is 6. The molecule has 0 unspecified atom stereocenters. The first-order chi connectivity index (χ1) is 14.6. The van der Waals surface area contributed by atoms with Gasteiger partial charge >= 0.3 is 55.4 Å². The van der Waals surface area contributed by atoms with E-state index in [0.717, 1.165) is 49.5 Å². The average Bonchev–Trinajstić information content (AvgIpc) is 2.68. The van der Waals surface area contributed by atoms with Crippen molar-refractivity contribution >= 4 is 37.0 Å². The second kappa shape index (κ2) is 14.4. The van der Waals surface area contributed by atoms with Gasteiger partial charge in [-0.05, 0) is 32.0 Å². The third kappa shape index (κ3) is 22.6. The number of hydrogen-bond acceptors (Lipinski definition) is 4. The van der Waals surface area contributed by atoms with Gasteiger partial charge < -0.3 is 39.5 Å². The molecule has 1 heterocycles. The number of aromatic nitrogens is 1. The van der Waals surface area contributed by atoms with Crippen LogP contribution in [0.25, 0.3) is 11.3 Å². The van der Waals surface area contributed by atoms with Gasteiger partial charge in [0.05, 0.1) is 6.61 Å². The normalized spacial score (nSPS) is 12.3. The number of rotatable bonds is 7. The Kier molecular flexibility index (Phi) is 15.0. The molecule has 0 fully saturated rings. The first-order valence-electron chi connectivity index (χ1n) is 9.65. The summed E-state index contributed by atoms with van der Waals surface area (Å²) in [5.74, 6) is 0.873. The predicted molar refractivity (Wildman–Crippen MR) is 125 cm³/mol. The summed E-state index contributed by atoms with van der Waals surface area (Å²) in [4.78, 5) is 6.24. The smallest absolute Gasteiger partial charge is 3.00 e. The quantitative estimate of drug-likeness (QED) is 0.0547. The Morgan fingerprint density at radius 2 is 1.64 bits per heavy atom. The zero-order valence-corrected chi connectivity index (χ0v) is 22.9. The topological polar surface area (TPSA) is 25.4 Å². The van der Waals surface area contributed by atoms with Crippen LogP contribution in [0.5, 0.6) is 5.75 Å². The number of pyridine rings is 1. The van der Waals surface area contributed by atoms with Crippen LogP contribution in [0.15, 0.2) is 42.6 Å². The largest absolute Gasteiger partial charge is 3.00 e. The van der Waals surface area contributed by atoms with Gasteiger partial charge in [-0.15, -0.1) is 29.8 Å². The van der Waals surface area contributed by atoms with E-state index in [1.54, 1.807) is 6.20 Å². The fraction of sp³-hybridized carbons (Fsp3) is 0.400. The third-order valence-electron chi connectivity index (χ3n) is 3.51. The van der Waals surface area contributed by atoms with E-state index in [4.69, 9.17) is 29.6 Å². The van der Waals surface area contributed by atoms with E-state index in [1.165, 1.54) is 0 Å². The second-order valence-electron chi connectivity index (χ2n) is 6.25. The third-order valence-corrected chi connectivity index (χ3v) is 4.03. The molecule has 0 N–H and O–H groups in total. The van der Waals surface area contributed by atoms with E-state index in [-0.39, 0.29) is 22.4 Å². The molecule has 0 spiro atoms. The molecule has 13 heteroatoms. The van der Waals surface area contributed by atoms with Crippen LogP contribution in [-0.2, 0) is 35.0 Å². The monoisotopic (exact) mass is 716 g/mol. The fourth-order valence-corrected chi connectivity index (χ4v) is 2.51. The van der Waals surface area contributed by atoms with Crippen molar-refractivity contribution in [2.75, 3.05) is 19.7 Å². The Labute approximate surface area is 217 Å². The molecule has 0 bridgehead atoms. The molecule has 0 aliphatic carbocycles. The van der Waals surface area contributed by atoms with Crippen molar-refractivity contribution < 1.29 is 52.3 Å². The second-order valence-corrected chi connectivity index (χ2v) is 9.20. The minimum atomic E-state index is -10.7. The SMILES string of the molecule is CCCCOc1c[c-]c(-c2ccccn2)cc1.CCN(CC)C(=S)[S-].F[P-](F)(F)(F)(F)F.[Au+3]. The predicted octanol–water partition coefficient (Wildman–Crippen LogP) is 8.27. The molecule has 0 saturated heterocycles. The number of ether oxygens (including phenoxy) is 1. The molecule has 0 radical (unpaired) electrons.